The third kappa shape index (κ3) is 6.61. The van der Waals surface area contributed by atoms with Crippen LogP contribution in [0.2, 0.25) is 0 Å². The van der Waals surface area contributed by atoms with Crippen LogP contribution < -0.4 is 29.2 Å². The summed E-state index contributed by atoms with van der Waals surface area (Å²) in [6, 6.07) is 6.44. The van der Waals surface area contributed by atoms with E-state index in [2.05, 4.69) is 9.72 Å². The number of hydrogen-bond donors (Lipinski definition) is 0. The van der Waals surface area contributed by atoms with E-state index in [-0.39, 0.29) is 48.5 Å². The maximum atomic E-state index is 13.8. The molecule has 0 unspecified atom stereocenters. The van der Waals surface area contributed by atoms with Gasteiger partial charge >= 0.3 is 18.0 Å². The second-order valence-electron chi connectivity index (χ2n) is 11.1. The molecule has 0 saturated carbocycles. The van der Waals surface area contributed by atoms with Crippen LogP contribution in [-0.4, -0.2) is 66.6 Å². The Hall–Kier alpha value is -6.13. The van der Waals surface area contributed by atoms with Crippen LogP contribution in [0.3, 0.4) is 0 Å². The number of carbonyl (C=O) groups excluding carboxylic acids is 3. The van der Waals surface area contributed by atoms with E-state index >= 15 is 0 Å². The molecule has 0 atom stereocenters. The van der Waals surface area contributed by atoms with Crippen molar-refractivity contribution in [1.29, 1.82) is 0 Å². The van der Waals surface area contributed by atoms with E-state index in [1.165, 1.54) is 20.2 Å². The highest BCUT2D eigenvalue weighted by Gasteiger charge is 2.25. The van der Waals surface area contributed by atoms with E-state index in [0.717, 1.165) is 4.90 Å². The van der Waals surface area contributed by atoms with Crippen LogP contribution in [0.25, 0.3) is 32.6 Å². The highest BCUT2D eigenvalue weighted by Crippen LogP contribution is 2.40. The summed E-state index contributed by atoms with van der Waals surface area (Å²) in [4.78, 5) is 56.4. The highest BCUT2D eigenvalue weighted by molar-refractivity contribution is 6.15. The van der Waals surface area contributed by atoms with Gasteiger partial charge in [0.2, 0.25) is 24.2 Å². The summed E-state index contributed by atoms with van der Waals surface area (Å²) in [7, 11) is 2.72. The minimum Gasteiger partial charge on any atom is -0.493 e. The zero-order chi connectivity index (χ0) is 36.6. The van der Waals surface area contributed by atoms with Gasteiger partial charge < -0.3 is 37.9 Å². The molecular weight excluding hydrogens is 686 g/mol. The summed E-state index contributed by atoms with van der Waals surface area (Å²) in [5, 5.41) is 2.06. The van der Waals surface area contributed by atoms with E-state index in [4.69, 9.17) is 23.7 Å². The molecule has 1 aliphatic heterocycles. The Morgan fingerprint density at radius 3 is 2.22 bits per heavy atom. The topological polar surface area (TPSA) is 145 Å². The molecule has 6 rings (SSSR count). The average molecular weight is 714 g/mol. The molecule has 3 aromatic carbocycles. The molecule has 0 N–H and O–H groups in total. The van der Waals surface area contributed by atoms with Crippen LogP contribution in [0.15, 0.2) is 41.3 Å². The number of halogens is 4. The van der Waals surface area contributed by atoms with E-state index in [1.807, 2.05) is 6.92 Å². The molecule has 1 aliphatic rings. The van der Waals surface area contributed by atoms with Crippen molar-refractivity contribution < 1.29 is 60.4 Å². The van der Waals surface area contributed by atoms with E-state index in [1.54, 1.807) is 29.0 Å². The van der Waals surface area contributed by atoms with E-state index in [0.29, 0.717) is 45.2 Å². The summed E-state index contributed by atoms with van der Waals surface area (Å²) in [6.45, 7) is 1.69. The fraction of sp³-hybridized carbons (Fsp3) is 0.265. The standard InChI is InChI=1S/C34H27F4N3O10/c1-4-41-31-18-11-24-25(49-15-48-24)13-22(18)39-14-19(31)16-9-23(46-3)26(10-17(16)33(41)44)50-34(45)40(2)7-8-47-27(42)5-6-28(43)51-32-29(37)20(35)12-21(36)30(32)38/h9-14H,4-8,15H2,1-3H3. The Morgan fingerprint density at radius 2 is 1.53 bits per heavy atom. The van der Waals surface area contributed by atoms with Gasteiger partial charge in [0.25, 0.3) is 5.56 Å². The number of carbonyl (C=O) groups is 3. The van der Waals surface area contributed by atoms with Crippen molar-refractivity contribution >= 4 is 50.6 Å². The monoisotopic (exact) mass is 713 g/mol. The van der Waals surface area contributed by atoms with Crippen LogP contribution in [0.4, 0.5) is 22.4 Å². The summed E-state index contributed by atoms with van der Waals surface area (Å²) >= 11 is 0. The molecule has 51 heavy (non-hydrogen) atoms. The predicted octanol–water partition coefficient (Wildman–Crippen LogP) is 5.38. The summed E-state index contributed by atoms with van der Waals surface area (Å²) in [6.07, 6.45) is -0.592. The van der Waals surface area contributed by atoms with Crippen LogP contribution >= 0.6 is 0 Å². The summed E-state index contributed by atoms with van der Waals surface area (Å²) in [5.74, 6) is -10.1. The van der Waals surface area contributed by atoms with Crippen LogP contribution in [0.5, 0.6) is 28.7 Å². The Morgan fingerprint density at radius 1 is 0.863 bits per heavy atom. The number of esters is 2. The second-order valence-corrected chi connectivity index (χ2v) is 11.1. The number of fused-ring (bicyclic) bond motifs is 6. The van der Waals surface area contributed by atoms with Gasteiger partial charge in [0, 0.05) is 48.1 Å². The van der Waals surface area contributed by atoms with Crippen LogP contribution in [0.1, 0.15) is 19.8 Å². The fourth-order valence-electron chi connectivity index (χ4n) is 5.45. The number of pyridine rings is 2. The molecule has 17 heteroatoms. The van der Waals surface area contributed by atoms with Gasteiger partial charge in [0.05, 0.1) is 42.9 Å². The number of aryl methyl sites for hydroxylation is 1. The summed E-state index contributed by atoms with van der Waals surface area (Å²) in [5.41, 5.74) is 0.877. The Kier molecular flexibility index (Phi) is 9.54. The van der Waals surface area contributed by atoms with Crippen molar-refractivity contribution in [2.75, 3.05) is 34.1 Å². The number of ether oxygens (including phenoxy) is 6. The number of nitrogens with zero attached hydrogens (tertiary/aromatic N) is 3. The molecular formula is C34H27F4N3O10. The first-order valence-corrected chi connectivity index (χ1v) is 15.3. The smallest absolute Gasteiger partial charge is 0.415 e. The van der Waals surface area contributed by atoms with Crippen molar-refractivity contribution in [3.63, 3.8) is 0 Å². The zero-order valence-corrected chi connectivity index (χ0v) is 27.1. The normalized spacial score (nSPS) is 12.0. The predicted molar refractivity (Wildman–Crippen MR) is 170 cm³/mol. The lowest BCUT2D eigenvalue weighted by Crippen LogP contribution is -2.33. The van der Waals surface area contributed by atoms with Crippen molar-refractivity contribution in [2.24, 2.45) is 0 Å². The van der Waals surface area contributed by atoms with Gasteiger partial charge in [0.15, 0.2) is 34.6 Å². The minimum absolute atomic E-state index is 0.0496. The third-order valence-electron chi connectivity index (χ3n) is 8.01. The van der Waals surface area contributed by atoms with E-state index < -0.39 is 59.9 Å². The van der Waals surface area contributed by atoms with Crippen molar-refractivity contribution in [3.05, 3.63) is 70.2 Å². The third-order valence-corrected chi connectivity index (χ3v) is 8.01. The first kappa shape index (κ1) is 34.7. The van der Waals surface area contributed by atoms with Gasteiger partial charge in [-0.15, -0.1) is 0 Å². The number of aromatic nitrogens is 2. The molecule has 266 valence electrons. The van der Waals surface area contributed by atoms with Gasteiger partial charge in [0.1, 0.15) is 6.61 Å². The van der Waals surface area contributed by atoms with Gasteiger partial charge in [-0.3, -0.25) is 19.4 Å². The lowest BCUT2D eigenvalue weighted by atomic mass is 10.0. The molecule has 0 aliphatic carbocycles. The van der Waals surface area contributed by atoms with E-state index in [9.17, 15) is 36.7 Å². The highest BCUT2D eigenvalue weighted by atomic mass is 19.2. The number of amides is 1. The Bertz CT molecular complexity index is 2290. The molecule has 0 radical (unpaired) electrons. The first-order chi connectivity index (χ1) is 24.4. The molecule has 0 spiro atoms. The molecule has 0 saturated heterocycles. The lowest BCUT2D eigenvalue weighted by molar-refractivity contribution is -0.147. The molecule has 2 aromatic heterocycles. The minimum atomic E-state index is -1.91. The van der Waals surface area contributed by atoms with Gasteiger partial charge in [-0.1, -0.05) is 0 Å². The molecule has 5 aromatic rings. The van der Waals surface area contributed by atoms with Crippen molar-refractivity contribution in [2.45, 2.75) is 26.3 Å². The number of benzene rings is 3. The van der Waals surface area contributed by atoms with Crippen LogP contribution in [0, 0.1) is 23.3 Å². The quantitative estimate of drug-likeness (QED) is 0.0605. The number of hydrogen-bond acceptors (Lipinski definition) is 11. The number of methoxy groups -OCH3 is 1. The van der Waals surface area contributed by atoms with Crippen molar-refractivity contribution in [1.82, 2.24) is 14.5 Å². The van der Waals surface area contributed by atoms with Crippen LogP contribution in [-0.2, 0) is 20.9 Å². The Labute approximate surface area is 284 Å². The summed E-state index contributed by atoms with van der Waals surface area (Å²) < 4.78 is 87.1. The lowest BCUT2D eigenvalue weighted by Gasteiger charge is -2.19. The molecule has 0 bridgehead atoms. The SMILES string of the molecule is CCn1c(=O)c2cc(OC(=O)N(C)CCOC(=O)CCC(=O)Oc3c(F)c(F)cc(F)c3F)c(OC)cc2c2cnc3cc4c(cc3c21)OCO4. The molecule has 3 heterocycles. The number of likely N-dealkylation sites (N-methyl/N-ethyl adjacent to an activating group) is 1. The zero-order valence-electron chi connectivity index (χ0n) is 27.1. The maximum Gasteiger partial charge on any atom is 0.415 e. The second kappa shape index (κ2) is 14.0. The first-order valence-electron chi connectivity index (χ1n) is 15.3. The fourth-order valence-corrected chi connectivity index (χ4v) is 5.45. The Balaban J connectivity index is 1.12. The number of rotatable bonds is 10. The average Bonchev–Trinajstić information content (AvgIpc) is 3.58. The maximum absolute atomic E-state index is 13.8. The van der Waals surface area contributed by atoms with Crippen molar-refractivity contribution in [3.8, 4) is 28.7 Å². The van der Waals surface area contributed by atoms with Gasteiger partial charge in [-0.2, -0.15) is 8.78 Å². The molecule has 0 fully saturated rings. The van der Waals surface area contributed by atoms with Gasteiger partial charge in [-0.25, -0.2) is 13.6 Å². The largest absolute Gasteiger partial charge is 0.493 e. The van der Waals surface area contributed by atoms with Gasteiger partial charge in [-0.05, 0) is 25.1 Å². The molecule has 13 nitrogen and oxygen atoms in total. The molecule has 1 amide bonds.